The Morgan fingerprint density at radius 3 is 2.43 bits per heavy atom. The van der Waals surface area contributed by atoms with Crippen LogP contribution in [0.15, 0.2) is 12.7 Å². The molecule has 2 fully saturated rings. The van der Waals surface area contributed by atoms with E-state index >= 15 is 0 Å². The van der Waals surface area contributed by atoms with Crippen molar-refractivity contribution in [2.24, 2.45) is 16.7 Å². The number of aliphatic hydroxyl groups is 1. The van der Waals surface area contributed by atoms with Crippen LogP contribution in [0, 0.1) is 16.7 Å². The smallest absolute Gasteiger partial charge is 0.0743 e. The van der Waals surface area contributed by atoms with Crippen LogP contribution >= 0.6 is 0 Å². The van der Waals surface area contributed by atoms with E-state index in [0.29, 0.717) is 11.3 Å². The molecule has 0 saturated heterocycles. The predicted octanol–water partition coefficient (Wildman–Crippen LogP) is 3.14. The van der Waals surface area contributed by atoms with Gasteiger partial charge in [0.2, 0.25) is 0 Å². The van der Waals surface area contributed by atoms with Crippen molar-refractivity contribution in [1.29, 1.82) is 0 Å². The van der Waals surface area contributed by atoms with Crippen molar-refractivity contribution in [2.75, 3.05) is 0 Å². The maximum atomic E-state index is 10.7. The summed E-state index contributed by atoms with van der Waals surface area (Å²) in [7, 11) is 0. The first kappa shape index (κ1) is 10.2. The van der Waals surface area contributed by atoms with Crippen molar-refractivity contribution in [3.63, 3.8) is 0 Å². The highest BCUT2D eigenvalue weighted by atomic mass is 16.3. The zero-order valence-corrected chi connectivity index (χ0v) is 9.64. The molecule has 1 heteroatoms. The van der Waals surface area contributed by atoms with Crippen LogP contribution in [0.3, 0.4) is 0 Å². The number of fused-ring (bicyclic) bond motifs is 2. The van der Waals surface area contributed by atoms with Crippen molar-refractivity contribution >= 4 is 0 Å². The average molecular weight is 194 g/mol. The van der Waals surface area contributed by atoms with Gasteiger partial charge in [-0.15, -0.1) is 6.58 Å². The zero-order valence-electron chi connectivity index (χ0n) is 9.64. The van der Waals surface area contributed by atoms with Crippen molar-refractivity contribution in [2.45, 2.75) is 52.1 Å². The normalized spacial score (nSPS) is 49.6. The molecule has 0 amide bonds. The van der Waals surface area contributed by atoms with Crippen molar-refractivity contribution in [3.05, 3.63) is 12.7 Å². The van der Waals surface area contributed by atoms with Crippen molar-refractivity contribution in [1.82, 2.24) is 0 Å². The predicted molar refractivity (Wildman–Crippen MR) is 59.0 cm³/mol. The minimum atomic E-state index is -0.485. The maximum Gasteiger partial charge on any atom is 0.0743 e. The number of rotatable bonds is 2. The van der Waals surface area contributed by atoms with Gasteiger partial charge in [-0.2, -0.15) is 0 Å². The first-order valence-corrected chi connectivity index (χ1v) is 5.71. The third-order valence-electron chi connectivity index (χ3n) is 5.53. The van der Waals surface area contributed by atoms with Crippen LogP contribution in [-0.4, -0.2) is 10.7 Å². The van der Waals surface area contributed by atoms with Crippen LogP contribution in [0.4, 0.5) is 0 Å². The summed E-state index contributed by atoms with van der Waals surface area (Å²) in [4.78, 5) is 0. The van der Waals surface area contributed by atoms with Gasteiger partial charge in [-0.1, -0.05) is 26.8 Å². The fourth-order valence-corrected chi connectivity index (χ4v) is 3.97. The fraction of sp³-hybridized carbons (Fsp3) is 0.846. The fourth-order valence-electron chi connectivity index (χ4n) is 3.97. The van der Waals surface area contributed by atoms with E-state index in [4.69, 9.17) is 0 Å². The summed E-state index contributed by atoms with van der Waals surface area (Å²) in [6.07, 6.45) is 6.08. The Morgan fingerprint density at radius 2 is 2.07 bits per heavy atom. The minimum Gasteiger partial charge on any atom is -0.389 e. The van der Waals surface area contributed by atoms with Gasteiger partial charge in [0.05, 0.1) is 5.60 Å². The van der Waals surface area contributed by atoms with Crippen LogP contribution in [0.25, 0.3) is 0 Å². The first-order chi connectivity index (χ1) is 6.37. The third kappa shape index (κ3) is 0.894. The molecule has 2 aliphatic rings. The van der Waals surface area contributed by atoms with Crippen LogP contribution in [0.1, 0.15) is 46.5 Å². The summed E-state index contributed by atoms with van der Waals surface area (Å²) in [5.41, 5.74) is -0.0925. The Labute approximate surface area is 87.2 Å². The van der Waals surface area contributed by atoms with E-state index in [1.54, 1.807) is 0 Å². The lowest BCUT2D eigenvalue weighted by Crippen LogP contribution is -2.46. The molecular formula is C13H22O. The molecule has 0 radical (unpaired) electrons. The van der Waals surface area contributed by atoms with Crippen LogP contribution in [0.5, 0.6) is 0 Å². The summed E-state index contributed by atoms with van der Waals surface area (Å²) in [5.74, 6) is 0.706. The monoisotopic (exact) mass is 194 g/mol. The van der Waals surface area contributed by atoms with E-state index in [9.17, 15) is 5.11 Å². The van der Waals surface area contributed by atoms with Gasteiger partial charge in [0.1, 0.15) is 0 Å². The first-order valence-electron chi connectivity index (χ1n) is 5.71. The molecule has 0 unspecified atom stereocenters. The molecule has 0 heterocycles. The Bertz CT molecular complexity index is 268. The highest BCUT2D eigenvalue weighted by molar-refractivity contribution is 5.18. The number of hydrogen-bond acceptors (Lipinski definition) is 1. The van der Waals surface area contributed by atoms with E-state index in [1.807, 2.05) is 6.08 Å². The van der Waals surface area contributed by atoms with Gasteiger partial charge in [-0.05, 0) is 37.0 Å². The molecular weight excluding hydrogens is 172 g/mol. The van der Waals surface area contributed by atoms with Crippen molar-refractivity contribution < 1.29 is 5.11 Å². The Kier molecular flexibility index (Phi) is 1.92. The molecule has 80 valence electrons. The second-order valence-corrected chi connectivity index (χ2v) is 6.02. The van der Waals surface area contributed by atoms with Crippen LogP contribution < -0.4 is 0 Å². The third-order valence-corrected chi connectivity index (χ3v) is 5.53. The summed E-state index contributed by atoms with van der Waals surface area (Å²) < 4.78 is 0. The Morgan fingerprint density at radius 1 is 1.43 bits per heavy atom. The van der Waals surface area contributed by atoms with Gasteiger partial charge in [-0.3, -0.25) is 0 Å². The summed E-state index contributed by atoms with van der Waals surface area (Å²) in [5, 5.41) is 10.7. The van der Waals surface area contributed by atoms with E-state index < -0.39 is 5.60 Å². The largest absolute Gasteiger partial charge is 0.389 e. The standard InChI is InChI=1S/C13H22O/c1-5-7-13(14)9-10-6-8-12(13,4)11(10,2)3/h5,10,14H,1,6-9H2,2-4H3/t10-,12+,13-/m0/s1. The van der Waals surface area contributed by atoms with Crippen molar-refractivity contribution in [3.8, 4) is 0 Å². The average Bonchev–Trinajstić information content (AvgIpc) is 2.36. The highest BCUT2D eigenvalue weighted by Crippen LogP contribution is 2.70. The second kappa shape index (κ2) is 2.63. The Balaban J connectivity index is 2.39. The van der Waals surface area contributed by atoms with Gasteiger partial charge in [-0.25, -0.2) is 0 Å². The van der Waals surface area contributed by atoms with E-state index in [-0.39, 0.29) is 5.41 Å². The molecule has 2 bridgehead atoms. The lowest BCUT2D eigenvalue weighted by molar-refractivity contribution is -0.0866. The van der Waals surface area contributed by atoms with E-state index in [2.05, 4.69) is 27.4 Å². The molecule has 0 aromatic rings. The van der Waals surface area contributed by atoms with Gasteiger partial charge < -0.3 is 5.11 Å². The molecule has 14 heavy (non-hydrogen) atoms. The SMILES string of the molecule is C=CC[C@]1(O)C[C@@H]2CC[C@]1(C)C2(C)C. The van der Waals surface area contributed by atoms with Gasteiger partial charge in [0, 0.05) is 5.41 Å². The maximum absolute atomic E-state index is 10.7. The van der Waals surface area contributed by atoms with Crippen LogP contribution in [0.2, 0.25) is 0 Å². The molecule has 0 aromatic heterocycles. The molecule has 1 N–H and O–H groups in total. The molecule has 2 aliphatic carbocycles. The molecule has 0 aliphatic heterocycles. The van der Waals surface area contributed by atoms with Crippen LogP contribution in [-0.2, 0) is 0 Å². The Hall–Kier alpha value is -0.300. The second-order valence-electron chi connectivity index (χ2n) is 6.02. The van der Waals surface area contributed by atoms with Gasteiger partial charge >= 0.3 is 0 Å². The lowest BCUT2D eigenvalue weighted by atomic mass is 9.63. The van der Waals surface area contributed by atoms with Gasteiger partial charge in [0.25, 0.3) is 0 Å². The number of hydrogen-bond donors (Lipinski definition) is 1. The molecule has 0 spiro atoms. The highest BCUT2D eigenvalue weighted by Gasteiger charge is 2.67. The zero-order chi connectivity index (χ0) is 10.6. The quantitative estimate of drug-likeness (QED) is 0.670. The molecule has 3 atom stereocenters. The lowest BCUT2D eigenvalue weighted by Gasteiger charge is -2.45. The molecule has 2 rings (SSSR count). The summed E-state index contributed by atoms with van der Waals surface area (Å²) in [6.45, 7) is 10.7. The molecule has 0 aromatic carbocycles. The molecule has 1 nitrogen and oxygen atoms in total. The van der Waals surface area contributed by atoms with E-state index in [0.717, 1.165) is 12.8 Å². The summed E-state index contributed by atoms with van der Waals surface area (Å²) >= 11 is 0. The molecule has 2 saturated carbocycles. The van der Waals surface area contributed by atoms with Gasteiger partial charge in [0.15, 0.2) is 0 Å². The topological polar surface area (TPSA) is 20.2 Å². The summed E-state index contributed by atoms with van der Waals surface area (Å²) in [6, 6.07) is 0. The minimum absolute atomic E-state index is 0.0961. The van der Waals surface area contributed by atoms with E-state index in [1.165, 1.54) is 12.8 Å².